The number of imide groups is 1. The van der Waals surface area contributed by atoms with Crippen molar-refractivity contribution in [1.82, 2.24) is 4.90 Å². The molecule has 0 aliphatic carbocycles. The fourth-order valence-corrected chi connectivity index (χ4v) is 3.97. The molecule has 31 heavy (non-hydrogen) atoms. The highest BCUT2D eigenvalue weighted by molar-refractivity contribution is 8.18. The van der Waals surface area contributed by atoms with Gasteiger partial charge in [0.25, 0.3) is 11.1 Å². The minimum Gasteiger partial charge on any atom is -0.493 e. The molecule has 1 saturated heterocycles. The Labute approximate surface area is 193 Å². The van der Waals surface area contributed by atoms with Gasteiger partial charge >= 0.3 is 0 Å². The topological polar surface area (TPSA) is 72.9 Å². The summed E-state index contributed by atoms with van der Waals surface area (Å²) in [6.45, 7) is -0.359. The number of halogens is 2. The lowest BCUT2D eigenvalue weighted by molar-refractivity contribution is -0.122. The molecule has 0 atom stereocenters. The zero-order valence-electron chi connectivity index (χ0n) is 16.2. The van der Waals surface area contributed by atoms with Gasteiger partial charge in [0, 0.05) is 10.6 Å². The first-order chi connectivity index (χ1) is 14.8. The molecule has 1 fully saturated rings. The van der Waals surface area contributed by atoms with Crippen LogP contribution in [0.5, 0.6) is 11.5 Å². The third-order valence-corrected chi connectivity index (χ3v) is 5.63. The Morgan fingerprint density at radius 1 is 1.23 bits per heavy atom. The van der Waals surface area contributed by atoms with Gasteiger partial charge in [-0.1, -0.05) is 29.1 Å². The second-order valence-electron chi connectivity index (χ2n) is 6.22. The fourth-order valence-electron chi connectivity index (χ4n) is 2.74. The van der Waals surface area contributed by atoms with Crippen molar-refractivity contribution in [2.45, 2.75) is 0 Å². The first-order valence-electron chi connectivity index (χ1n) is 8.82. The number of thioether (sulfide) groups is 1. The van der Waals surface area contributed by atoms with E-state index >= 15 is 0 Å². The van der Waals surface area contributed by atoms with Gasteiger partial charge in [-0.2, -0.15) is 0 Å². The minimum absolute atomic E-state index is 0.00988. The van der Waals surface area contributed by atoms with E-state index in [-0.39, 0.29) is 34.6 Å². The lowest BCUT2D eigenvalue weighted by Crippen LogP contribution is -2.33. The highest BCUT2D eigenvalue weighted by Gasteiger charge is 2.36. The van der Waals surface area contributed by atoms with E-state index in [1.54, 1.807) is 24.3 Å². The summed E-state index contributed by atoms with van der Waals surface area (Å²) in [6.07, 6.45) is 6.70. The lowest BCUT2D eigenvalue weighted by Gasteiger charge is -2.12. The van der Waals surface area contributed by atoms with Gasteiger partial charge in [-0.25, -0.2) is 0 Å². The van der Waals surface area contributed by atoms with Crippen molar-refractivity contribution in [2.24, 2.45) is 0 Å². The average molecular weight is 476 g/mol. The Bertz CT molecular complexity index is 1120. The molecule has 6 nitrogen and oxygen atoms in total. The number of rotatable bonds is 7. The number of amides is 2. The number of Topliss-reactive ketones (excluding diaryl/α,β-unsaturated/α-hetero) is 1. The molecule has 0 aromatic heterocycles. The van der Waals surface area contributed by atoms with E-state index in [4.69, 9.17) is 39.1 Å². The highest BCUT2D eigenvalue weighted by atomic mass is 35.5. The van der Waals surface area contributed by atoms with Gasteiger partial charge in [-0.3, -0.25) is 19.3 Å². The van der Waals surface area contributed by atoms with Crippen LogP contribution >= 0.6 is 35.0 Å². The minimum atomic E-state index is -0.569. The van der Waals surface area contributed by atoms with Crippen LogP contribution in [0.3, 0.4) is 0 Å². The third kappa shape index (κ3) is 5.23. The molecule has 0 N–H and O–H groups in total. The molecule has 1 aliphatic heterocycles. The number of benzene rings is 2. The van der Waals surface area contributed by atoms with Gasteiger partial charge in [0.1, 0.15) is 6.61 Å². The molecular formula is C22H15Cl2NO5S. The van der Waals surface area contributed by atoms with Crippen molar-refractivity contribution in [2.75, 3.05) is 20.3 Å². The molecule has 2 aromatic carbocycles. The zero-order chi connectivity index (χ0) is 22.5. The molecule has 0 bridgehead atoms. The molecule has 0 spiro atoms. The Hall–Kier alpha value is -2.92. The number of ketones is 1. The molecule has 1 heterocycles. The van der Waals surface area contributed by atoms with Crippen molar-refractivity contribution >= 4 is 58.0 Å². The molecule has 1 aliphatic rings. The second-order valence-corrected chi connectivity index (χ2v) is 8.06. The van der Waals surface area contributed by atoms with Crippen LogP contribution in [0.2, 0.25) is 10.0 Å². The molecule has 2 aromatic rings. The second kappa shape index (κ2) is 9.92. The number of carbonyl (C=O) groups is 3. The van der Waals surface area contributed by atoms with Gasteiger partial charge in [-0.05, 0) is 59.8 Å². The Kier molecular flexibility index (Phi) is 7.29. The van der Waals surface area contributed by atoms with Crippen LogP contribution in [0.4, 0.5) is 4.79 Å². The summed E-state index contributed by atoms with van der Waals surface area (Å²) < 4.78 is 10.7. The zero-order valence-corrected chi connectivity index (χ0v) is 18.5. The molecule has 9 heteroatoms. The van der Waals surface area contributed by atoms with Gasteiger partial charge in [0.05, 0.1) is 23.6 Å². The van der Waals surface area contributed by atoms with Gasteiger partial charge in [-0.15, -0.1) is 6.42 Å². The molecule has 0 unspecified atom stereocenters. The van der Waals surface area contributed by atoms with Crippen LogP contribution in [-0.4, -0.2) is 42.1 Å². The summed E-state index contributed by atoms with van der Waals surface area (Å²) in [5.41, 5.74) is 0.871. The summed E-state index contributed by atoms with van der Waals surface area (Å²) in [7, 11) is 1.44. The van der Waals surface area contributed by atoms with E-state index in [0.29, 0.717) is 21.9 Å². The Morgan fingerprint density at radius 2 is 1.94 bits per heavy atom. The number of hydrogen-bond acceptors (Lipinski definition) is 6. The van der Waals surface area contributed by atoms with E-state index in [0.717, 1.165) is 16.7 Å². The molecule has 0 radical (unpaired) electrons. The standard InChI is InChI=1S/C22H15Cl2NO5S/c1-3-8-30-20-16(24)9-13(10-18(20)29-2)11-19-21(27)25(22(28)31-19)12-17(26)14-4-6-15(23)7-5-14/h1,4-7,9-11H,8,12H2,2H3/b19-11-. The lowest BCUT2D eigenvalue weighted by atomic mass is 10.1. The average Bonchev–Trinajstić information content (AvgIpc) is 3.00. The first kappa shape index (κ1) is 22.8. The summed E-state index contributed by atoms with van der Waals surface area (Å²) >= 11 is 12.8. The van der Waals surface area contributed by atoms with Gasteiger partial charge in [0.15, 0.2) is 17.3 Å². The quantitative estimate of drug-likeness (QED) is 0.321. The number of nitrogens with zero attached hydrogens (tertiary/aromatic N) is 1. The van der Waals surface area contributed by atoms with Crippen molar-refractivity contribution < 1.29 is 23.9 Å². The maximum atomic E-state index is 12.7. The normalized spacial score (nSPS) is 14.6. The summed E-state index contributed by atoms with van der Waals surface area (Å²) in [4.78, 5) is 38.5. The van der Waals surface area contributed by atoms with Crippen LogP contribution in [-0.2, 0) is 4.79 Å². The van der Waals surface area contributed by atoms with E-state index < -0.39 is 11.1 Å². The van der Waals surface area contributed by atoms with Crippen LogP contribution in [0.25, 0.3) is 6.08 Å². The highest BCUT2D eigenvalue weighted by Crippen LogP contribution is 2.39. The summed E-state index contributed by atoms with van der Waals surface area (Å²) in [5.74, 6) is 2.00. The molecule has 2 amide bonds. The number of terminal acetylenes is 1. The van der Waals surface area contributed by atoms with E-state index in [1.807, 2.05) is 0 Å². The number of carbonyl (C=O) groups excluding carboxylic acids is 3. The Morgan fingerprint density at radius 3 is 2.58 bits per heavy atom. The van der Waals surface area contributed by atoms with Crippen LogP contribution in [0.1, 0.15) is 15.9 Å². The van der Waals surface area contributed by atoms with Crippen molar-refractivity contribution in [1.29, 1.82) is 0 Å². The monoisotopic (exact) mass is 475 g/mol. The summed E-state index contributed by atoms with van der Waals surface area (Å²) in [5, 5.41) is 0.180. The Balaban J connectivity index is 1.81. The number of methoxy groups -OCH3 is 1. The third-order valence-electron chi connectivity index (χ3n) is 4.19. The van der Waals surface area contributed by atoms with E-state index in [9.17, 15) is 14.4 Å². The van der Waals surface area contributed by atoms with Crippen molar-refractivity contribution in [3.8, 4) is 23.8 Å². The maximum absolute atomic E-state index is 12.7. The number of ether oxygens (including phenoxy) is 2. The van der Waals surface area contributed by atoms with Gasteiger partial charge in [0.2, 0.25) is 0 Å². The van der Waals surface area contributed by atoms with Crippen molar-refractivity contribution in [3.05, 3.63) is 62.5 Å². The fraction of sp³-hybridized carbons (Fsp3) is 0.136. The van der Waals surface area contributed by atoms with Gasteiger partial charge < -0.3 is 9.47 Å². The largest absolute Gasteiger partial charge is 0.493 e. The van der Waals surface area contributed by atoms with Crippen molar-refractivity contribution in [3.63, 3.8) is 0 Å². The molecular weight excluding hydrogens is 461 g/mol. The van der Waals surface area contributed by atoms with Crippen LogP contribution in [0, 0.1) is 12.3 Å². The first-order valence-corrected chi connectivity index (χ1v) is 10.4. The molecule has 0 saturated carbocycles. The smallest absolute Gasteiger partial charge is 0.293 e. The predicted octanol–water partition coefficient (Wildman–Crippen LogP) is 4.93. The number of hydrogen-bond donors (Lipinski definition) is 0. The van der Waals surface area contributed by atoms with Crippen LogP contribution in [0.15, 0.2) is 41.3 Å². The van der Waals surface area contributed by atoms with Crippen LogP contribution < -0.4 is 9.47 Å². The molecule has 158 valence electrons. The van der Waals surface area contributed by atoms with E-state index in [2.05, 4.69) is 5.92 Å². The summed E-state index contributed by atoms with van der Waals surface area (Å²) in [6, 6.07) is 9.37. The maximum Gasteiger partial charge on any atom is 0.293 e. The SMILES string of the molecule is C#CCOc1c(Cl)cc(/C=C2\SC(=O)N(CC(=O)c3ccc(Cl)cc3)C2=O)cc1OC. The predicted molar refractivity (Wildman–Crippen MR) is 121 cm³/mol. The molecule has 3 rings (SSSR count). The van der Waals surface area contributed by atoms with E-state index in [1.165, 1.54) is 25.3 Å².